The van der Waals surface area contributed by atoms with Gasteiger partial charge in [-0.05, 0) is 32.9 Å². The Bertz CT molecular complexity index is 682. The molecule has 2 N–H and O–H groups in total. The summed E-state index contributed by atoms with van der Waals surface area (Å²) in [6, 6.07) is 5.01. The van der Waals surface area contributed by atoms with E-state index in [2.05, 4.69) is 5.32 Å². The molecule has 0 saturated heterocycles. The minimum absolute atomic E-state index is 0.121. The SMILES string of the molecule is CC(C)(C)OCCNC(=O)c1ccccc1NS(=O)(=O)C(F)(F)F. The molecule has 0 saturated carbocycles. The second-order valence-electron chi connectivity index (χ2n) is 5.81. The Kier molecular flexibility index (Phi) is 6.23. The number of benzene rings is 1. The van der Waals surface area contributed by atoms with Crippen LogP contribution >= 0.6 is 0 Å². The summed E-state index contributed by atoms with van der Waals surface area (Å²) in [4.78, 5) is 12.0. The second-order valence-corrected chi connectivity index (χ2v) is 7.49. The predicted molar refractivity (Wildman–Crippen MR) is 83.1 cm³/mol. The molecule has 1 aromatic rings. The van der Waals surface area contributed by atoms with E-state index in [9.17, 15) is 26.4 Å². The molecule has 10 heteroatoms. The van der Waals surface area contributed by atoms with Gasteiger partial charge in [-0.1, -0.05) is 12.1 Å². The standard InChI is InChI=1S/C14H19F3N2O4S/c1-13(2,3)23-9-8-18-12(20)10-6-4-5-7-11(10)19-24(21,22)14(15,16)17/h4-7,19H,8-9H2,1-3H3,(H,18,20). The maximum Gasteiger partial charge on any atom is 0.516 e. The molecule has 1 amide bonds. The van der Waals surface area contributed by atoms with Crippen LogP contribution in [-0.2, 0) is 14.8 Å². The van der Waals surface area contributed by atoms with Crippen LogP contribution in [0.5, 0.6) is 0 Å². The molecule has 136 valence electrons. The molecule has 0 aliphatic carbocycles. The maximum absolute atomic E-state index is 12.4. The van der Waals surface area contributed by atoms with E-state index in [1.807, 2.05) is 20.8 Å². The fraction of sp³-hybridized carbons (Fsp3) is 0.500. The number of carbonyl (C=O) groups is 1. The lowest BCUT2D eigenvalue weighted by atomic mass is 10.1. The third-order valence-electron chi connectivity index (χ3n) is 2.64. The number of carbonyl (C=O) groups excluding carboxylic acids is 1. The normalized spacial score (nSPS) is 12.8. The van der Waals surface area contributed by atoms with Gasteiger partial charge in [-0.25, -0.2) is 0 Å². The fourth-order valence-corrected chi connectivity index (χ4v) is 2.17. The van der Waals surface area contributed by atoms with Gasteiger partial charge in [0.2, 0.25) is 0 Å². The van der Waals surface area contributed by atoms with Crippen molar-refractivity contribution in [2.75, 3.05) is 17.9 Å². The van der Waals surface area contributed by atoms with Crippen LogP contribution in [0.2, 0.25) is 0 Å². The van der Waals surface area contributed by atoms with Crippen molar-refractivity contribution in [3.8, 4) is 0 Å². The second kappa shape index (κ2) is 7.39. The van der Waals surface area contributed by atoms with Crippen LogP contribution in [0.1, 0.15) is 31.1 Å². The van der Waals surface area contributed by atoms with E-state index in [0.717, 1.165) is 6.07 Å². The highest BCUT2D eigenvalue weighted by atomic mass is 32.2. The molecule has 6 nitrogen and oxygen atoms in total. The van der Waals surface area contributed by atoms with E-state index in [-0.39, 0.29) is 18.7 Å². The quantitative estimate of drug-likeness (QED) is 0.756. The summed E-state index contributed by atoms with van der Waals surface area (Å²) in [6.45, 7) is 5.81. The number of anilines is 1. The number of rotatable bonds is 6. The Morgan fingerprint density at radius 2 is 1.75 bits per heavy atom. The van der Waals surface area contributed by atoms with Crippen LogP contribution in [0.25, 0.3) is 0 Å². The molecule has 0 aliphatic heterocycles. The summed E-state index contributed by atoms with van der Waals surface area (Å²) in [5, 5.41) is 2.46. The van der Waals surface area contributed by atoms with Gasteiger partial charge < -0.3 is 10.1 Å². The van der Waals surface area contributed by atoms with Gasteiger partial charge in [0, 0.05) is 6.54 Å². The molecule has 0 radical (unpaired) electrons. The lowest BCUT2D eigenvalue weighted by Gasteiger charge is -2.19. The predicted octanol–water partition coefficient (Wildman–Crippen LogP) is 2.49. The molecular formula is C14H19F3N2O4S. The molecule has 0 unspecified atom stereocenters. The number of sulfonamides is 1. The first-order valence-electron chi connectivity index (χ1n) is 6.94. The Hall–Kier alpha value is -1.81. The largest absolute Gasteiger partial charge is 0.516 e. The molecular weight excluding hydrogens is 349 g/mol. The first-order valence-corrected chi connectivity index (χ1v) is 8.42. The summed E-state index contributed by atoms with van der Waals surface area (Å²) in [6.07, 6.45) is 0. The zero-order valence-corrected chi connectivity index (χ0v) is 14.2. The third-order valence-corrected chi connectivity index (χ3v) is 3.74. The van der Waals surface area contributed by atoms with Crippen molar-refractivity contribution in [2.45, 2.75) is 31.9 Å². The van der Waals surface area contributed by atoms with Crippen molar-refractivity contribution in [2.24, 2.45) is 0 Å². The Balaban J connectivity index is 2.81. The van der Waals surface area contributed by atoms with Crippen LogP contribution < -0.4 is 10.0 Å². The summed E-state index contributed by atoms with van der Waals surface area (Å²) in [5.41, 5.74) is -6.55. The van der Waals surface area contributed by atoms with Gasteiger partial charge in [-0.3, -0.25) is 9.52 Å². The highest BCUT2D eigenvalue weighted by Gasteiger charge is 2.46. The zero-order chi connectivity index (χ0) is 18.6. The van der Waals surface area contributed by atoms with Gasteiger partial charge in [0.05, 0.1) is 23.5 Å². The number of para-hydroxylation sites is 1. The molecule has 1 rings (SSSR count). The summed E-state index contributed by atoms with van der Waals surface area (Å²) in [7, 11) is -5.61. The summed E-state index contributed by atoms with van der Waals surface area (Å²) in [5.74, 6) is -0.715. The topological polar surface area (TPSA) is 84.5 Å². The van der Waals surface area contributed by atoms with E-state index >= 15 is 0 Å². The van der Waals surface area contributed by atoms with Gasteiger partial charge in [0.15, 0.2) is 0 Å². The average Bonchev–Trinajstić information content (AvgIpc) is 2.41. The maximum atomic E-state index is 12.4. The molecule has 24 heavy (non-hydrogen) atoms. The Morgan fingerprint density at radius 1 is 1.17 bits per heavy atom. The van der Waals surface area contributed by atoms with E-state index in [1.165, 1.54) is 22.9 Å². The summed E-state index contributed by atoms with van der Waals surface area (Å²) < 4.78 is 66.5. The van der Waals surface area contributed by atoms with Crippen molar-refractivity contribution in [3.63, 3.8) is 0 Å². The number of alkyl halides is 3. The first kappa shape index (κ1) is 20.2. The molecule has 0 spiro atoms. The van der Waals surface area contributed by atoms with Crippen LogP contribution in [0.3, 0.4) is 0 Å². The number of hydrogen-bond acceptors (Lipinski definition) is 4. The molecule has 0 aromatic heterocycles. The van der Waals surface area contributed by atoms with Gasteiger partial charge in [0.1, 0.15) is 0 Å². The van der Waals surface area contributed by atoms with Crippen molar-refractivity contribution >= 4 is 21.6 Å². The third kappa shape index (κ3) is 6.00. The highest BCUT2D eigenvalue weighted by Crippen LogP contribution is 2.26. The van der Waals surface area contributed by atoms with Crippen molar-refractivity contribution in [3.05, 3.63) is 29.8 Å². The Labute approximate surface area is 138 Å². The van der Waals surface area contributed by atoms with Crippen LogP contribution in [-0.4, -0.2) is 38.6 Å². The van der Waals surface area contributed by atoms with E-state index in [0.29, 0.717) is 0 Å². The van der Waals surface area contributed by atoms with Gasteiger partial charge in [-0.15, -0.1) is 0 Å². The minimum Gasteiger partial charge on any atom is -0.374 e. The number of amides is 1. The Morgan fingerprint density at radius 3 is 2.29 bits per heavy atom. The number of ether oxygens (including phenoxy) is 1. The van der Waals surface area contributed by atoms with Crippen molar-refractivity contribution < 1.29 is 31.1 Å². The van der Waals surface area contributed by atoms with E-state index < -0.39 is 32.7 Å². The minimum atomic E-state index is -5.61. The van der Waals surface area contributed by atoms with Gasteiger partial charge in [0.25, 0.3) is 5.91 Å². The number of halogens is 3. The van der Waals surface area contributed by atoms with Crippen LogP contribution in [0.15, 0.2) is 24.3 Å². The number of hydrogen-bond donors (Lipinski definition) is 2. The fourth-order valence-electron chi connectivity index (χ4n) is 1.59. The lowest BCUT2D eigenvalue weighted by Crippen LogP contribution is -2.33. The molecule has 1 aromatic carbocycles. The smallest absolute Gasteiger partial charge is 0.374 e. The van der Waals surface area contributed by atoms with Crippen LogP contribution in [0, 0.1) is 0 Å². The van der Waals surface area contributed by atoms with E-state index in [1.54, 1.807) is 0 Å². The van der Waals surface area contributed by atoms with Crippen molar-refractivity contribution in [1.29, 1.82) is 0 Å². The molecule has 0 bridgehead atoms. The van der Waals surface area contributed by atoms with Gasteiger partial charge in [-0.2, -0.15) is 21.6 Å². The molecule has 0 heterocycles. The molecule has 0 atom stereocenters. The zero-order valence-electron chi connectivity index (χ0n) is 13.4. The monoisotopic (exact) mass is 368 g/mol. The van der Waals surface area contributed by atoms with Gasteiger partial charge >= 0.3 is 15.5 Å². The van der Waals surface area contributed by atoms with E-state index in [4.69, 9.17) is 4.74 Å². The van der Waals surface area contributed by atoms with Crippen molar-refractivity contribution in [1.82, 2.24) is 5.32 Å². The summed E-state index contributed by atoms with van der Waals surface area (Å²) >= 11 is 0. The molecule has 0 fully saturated rings. The number of nitrogens with one attached hydrogen (secondary N) is 2. The average molecular weight is 368 g/mol. The van der Waals surface area contributed by atoms with Crippen LogP contribution in [0.4, 0.5) is 18.9 Å². The lowest BCUT2D eigenvalue weighted by molar-refractivity contribution is -0.0429. The first-order chi connectivity index (χ1) is 10.8. The highest BCUT2D eigenvalue weighted by molar-refractivity contribution is 7.93. The molecule has 0 aliphatic rings.